The van der Waals surface area contributed by atoms with Crippen LogP contribution in [0.4, 0.5) is 11.5 Å². The average Bonchev–Trinajstić information content (AvgIpc) is 2.85. The smallest absolute Gasteiger partial charge is 0.363 e. The number of carboxylic acid groups (broad SMARTS) is 1. The summed E-state index contributed by atoms with van der Waals surface area (Å²) in [4.78, 5) is 24.6. The SMILES string of the molecule is O=C(O)C1CCCC1CNc1ccc([N+](=O)[O-])nc1. The quantitative estimate of drug-likeness (QED) is 0.622. The first-order valence-electron chi connectivity index (χ1n) is 6.15. The fourth-order valence-electron chi connectivity index (χ4n) is 2.45. The minimum atomic E-state index is -0.744. The lowest BCUT2D eigenvalue weighted by molar-refractivity contribution is -0.389. The van der Waals surface area contributed by atoms with Crippen LogP contribution in [0.1, 0.15) is 19.3 Å². The molecule has 0 spiro atoms. The Hall–Kier alpha value is -2.18. The molecule has 0 aromatic carbocycles. The van der Waals surface area contributed by atoms with Crippen LogP contribution in [0.2, 0.25) is 0 Å². The van der Waals surface area contributed by atoms with Crippen molar-refractivity contribution in [3.63, 3.8) is 0 Å². The predicted octanol–water partition coefficient (Wildman–Crippen LogP) is 1.90. The number of nitrogens with one attached hydrogen (secondary N) is 1. The summed E-state index contributed by atoms with van der Waals surface area (Å²) >= 11 is 0. The number of hydrogen-bond donors (Lipinski definition) is 2. The zero-order valence-corrected chi connectivity index (χ0v) is 10.3. The van der Waals surface area contributed by atoms with E-state index in [0.717, 1.165) is 19.3 Å². The van der Waals surface area contributed by atoms with E-state index >= 15 is 0 Å². The maximum Gasteiger partial charge on any atom is 0.363 e. The molecule has 2 N–H and O–H groups in total. The first-order chi connectivity index (χ1) is 9.08. The van der Waals surface area contributed by atoms with Gasteiger partial charge in [0, 0.05) is 12.6 Å². The molecule has 1 aromatic rings. The van der Waals surface area contributed by atoms with E-state index in [2.05, 4.69) is 10.3 Å². The second-order valence-corrected chi connectivity index (χ2v) is 4.68. The maximum atomic E-state index is 11.0. The van der Waals surface area contributed by atoms with Crippen LogP contribution in [-0.4, -0.2) is 27.5 Å². The van der Waals surface area contributed by atoms with Gasteiger partial charge in [0.15, 0.2) is 6.20 Å². The number of nitrogens with zero attached hydrogens (tertiary/aromatic N) is 2. The summed E-state index contributed by atoms with van der Waals surface area (Å²) < 4.78 is 0. The first kappa shape index (κ1) is 13.3. The number of rotatable bonds is 5. The molecule has 7 nitrogen and oxygen atoms in total. The Kier molecular flexibility index (Phi) is 3.94. The minimum Gasteiger partial charge on any atom is -0.481 e. The van der Waals surface area contributed by atoms with Gasteiger partial charge in [-0.1, -0.05) is 6.42 Å². The van der Waals surface area contributed by atoms with Gasteiger partial charge in [0.2, 0.25) is 0 Å². The third-order valence-electron chi connectivity index (χ3n) is 3.48. The molecule has 1 aliphatic rings. The molecule has 0 aliphatic heterocycles. The van der Waals surface area contributed by atoms with Crippen molar-refractivity contribution >= 4 is 17.5 Å². The number of anilines is 1. The largest absolute Gasteiger partial charge is 0.481 e. The van der Waals surface area contributed by atoms with Crippen molar-refractivity contribution in [1.82, 2.24) is 4.98 Å². The molecule has 102 valence electrons. The Bertz CT molecular complexity index is 474. The summed E-state index contributed by atoms with van der Waals surface area (Å²) in [5.74, 6) is -1.13. The number of aromatic nitrogens is 1. The van der Waals surface area contributed by atoms with E-state index in [1.165, 1.54) is 12.3 Å². The normalized spacial score (nSPS) is 22.1. The molecule has 2 unspecified atom stereocenters. The second kappa shape index (κ2) is 5.64. The van der Waals surface area contributed by atoms with Crippen LogP contribution in [0.15, 0.2) is 18.3 Å². The van der Waals surface area contributed by atoms with Crippen molar-refractivity contribution in [3.05, 3.63) is 28.4 Å². The van der Waals surface area contributed by atoms with Crippen molar-refractivity contribution in [2.24, 2.45) is 11.8 Å². The van der Waals surface area contributed by atoms with Crippen LogP contribution in [0.3, 0.4) is 0 Å². The van der Waals surface area contributed by atoms with Gasteiger partial charge in [-0.05, 0) is 34.7 Å². The minimum absolute atomic E-state index is 0.104. The highest BCUT2D eigenvalue weighted by atomic mass is 16.6. The third kappa shape index (κ3) is 3.18. The molecule has 0 saturated heterocycles. The molecule has 0 radical (unpaired) electrons. The summed E-state index contributed by atoms with van der Waals surface area (Å²) in [6, 6.07) is 2.90. The molecular formula is C12H15N3O4. The van der Waals surface area contributed by atoms with Gasteiger partial charge >= 0.3 is 11.8 Å². The van der Waals surface area contributed by atoms with E-state index in [0.29, 0.717) is 12.2 Å². The zero-order chi connectivity index (χ0) is 13.8. The van der Waals surface area contributed by atoms with Crippen LogP contribution in [0.5, 0.6) is 0 Å². The standard InChI is InChI=1S/C12H15N3O4/c16-12(17)10-3-1-2-8(10)6-13-9-4-5-11(14-7-9)15(18)19/h4-5,7-8,10,13H,1-3,6H2,(H,16,17). The number of hydrogen-bond acceptors (Lipinski definition) is 5. The number of carbonyl (C=O) groups is 1. The first-order valence-corrected chi connectivity index (χ1v) is 6.15. The molecule has 19 heavy (non-hydrogen) atoms. The fourth-order valence-corrected chi connectivity index (χ4v) is 2.45. The molecule has 2 atom stereocenters. The molecule has 0 bridgehead atoms. The molecule has 1 heterocycles. The van der Waals surface area contributed by atoms with Crippen LogP contribution in [-0.2, 0) is 4.79 Å². The van der Waals surface area contributed by atoms with Crippen LogP contribution >= 0.6 is 0 Å². The molecule has 1 aliphatic carbocycles. The number of carboxylic acids is 1. The van der Waals surface area contributed by atoms with Gasteiger partial charge in [-0.25, -0.2) is 0 Å². The summed E-state index contributed by atoms with van der Waals surface area (Å²) in [5, 5.41) is 22.6. The molecule has 1 fully saturated rings. The average molecular weight is 265 g/mol. The molecule has 1 saturated carbocycles. The van der Waals surface area contributed by atoms with Crippen LogP contribution in [0.25, 0.3) is 0 Å². The van der Waals surface area contributed by atoms with E-state index in [1.807, 2.05) is 0 Å². The molecule has 0 amide bonds. The Balaban J connectivity index is 1.91. The lowest BCUT2D eigenvalue weighted by Crippen LogP contribution is -2.24. The van der Waals surface area contributed by atoms with Crippen molar-refractivity contribution in [2.75, 3.05) is 11.9 Å². The Morgan fingerprint density at radius 3 is 2.89 bits per heavy atom. The third-order valence-corrected chi connectivity index (χ3v) is 3.48. The van der Waals surface area contributed by atoms with E-state index < -0.39 is 10.9 Å². The van der Waals surface area contributed by atoms with Crippen LogP contribution in [0, 0.1) is 22.0 Å². The topological polar surface area (TPSA) is 105 Å². The van der Waals surface area contributed by atoms with E-state index in [4.69, 9.17) is 5.11 Å². The second-order valence-electron chi connectivity index (χ2n) is 4.68. The highest BCUT2D eigenvalue weighted by Crippen LogP contribution is 2.32. The lowest BCUT2D eigenvalue weighted by Gasteiger charge is -2.16. The van der Waals surface area contributed by atoms with Crippen molar-refractivity contribution < 1.29 is 14.8 Å². The van der Waals surface area contributed by atoms with E-state index in [-0.39, 0.29) is 17.7 Å². The highest BCUT2D eigenvalue weighted by molar-refractivity contribution is 5.70. The van der Waals surface area contributed by atoms with Crippen LogP contribution < -0.4 is 5.32 Å². The van der Waals surface area contributed by atoms with Gasteiger partial charge in [-0.3, -0.25) is 4.79 Å². The highest BCUT2D eigenvalue weighted by Gasteiger charge is 2.32. The van der Waals surface area contributed by atoms with Gasteiger partial charge in [0.05, 0.1) is 11.6 Å². The van der Waals surface area contributed by atoms with Crippen molar-refractivity contribution in [1.29, 1.82) is 0 Å². The van der Waals surface area contributed by atoms with Gasteiger partial charge in [-0.2, -0.15) is 0 Å². The van der Waals surface area contributed by atoms with Gasteiger partial charge in [-0.15, -0.1) is 0 Å². The summed E-state index contributed by atoms with van der Waals surface area (Å²) in [7, 11) is 0. The van der Waals surface area contributed by atoms with E-state index in [9.17, 15) is 14.9 Å². The Labute approximate surface area is 109 Å². The fraction of sp³-hybridized carbons (Fsp3) is 0.500. The maximum absolute atomic E-state index is 11.0. The van der Waals surface area contributed by atoms with Crippen molar-refractivity contribution in [3.8, 4) is 0 Å². The summed E-state index contributed by atoms with van der Waals surface area (Å²) in [5.41, 5.74) is 0.668. The number of nitro groups is 1. The molecule has 1 aromatic heterocycles. The summed E-state index contributed by atoms with van der Waals surface area (Å²) in [6.45, 7) is 0.552. The predicted molar refractivity (Wildman–Crippen MR) is 67.8 cm³/mol. The lowest BCUT2D eigenvalue weighted by atomic mass is 9.96. The Morgan fingerprint density at radius 1 is 1.53 bits per heavy atom. The monoisotopic (exact) mass is 265 g/mol. The van der Waals surface area contributed by atoms with Gasteiger partial charge < -0.3 is 20.5 Å². The Morgan fingerprint density at radius 2 is 2.32 bits per heavy atom. The molecule has 2 rings (SSSR count). The molecular weight excluding hydrogens is 250 g/mol. The van der Waals surface area contributed by atoms with Gasteiger partial charge in [0.25, 0.3) is 0 Å². The summed E-state index contributed by atoms with van der Waals surface area (Å²) in [6.07, 6.45) is 3.94. The number of aliphatic carboxylic acids is 1. The van der Waals surface area contributed by atoms with Crippen molar-refractivity contribution in [2.45, 2.75) is 19.3 Å². The van der Waals surface area contributed by atoms with E-state index in [1.54, 1.807) is 6.07 Å². The molecule has 7 heteroatoms. The zero-order valence-electron chi connectivity index (χ0n) is 10.3. The van der Waals surface area contributed by atoms with Gasteiger partial charge in [0.1, 0.15) is 0 Å². The number of pyridine rings is 1.